The fourth-order valence-electron chi connectivity index (χ4n) is 2.62. The maximum atomic E-state index is 11.9. The minimum absolute atomic E-state index is 0.261. The Bertz CT molecular complexity index is 225. The topological polar surface area (TPSA) is 41.1 Å². The summed E-state index contributed by atoms with van der Waals surface area (Å²) >= 11 is 0. The first-order valence-corrected chi connectivity index (χ1v) is 7.73. The number of amides is 1. The van der Waals surface area contributed by atoms with Gasteiger partial charge in [0.1, 0.15) is 0 Å². The van der Waals surface area contributed by atoms with Gasteiger partial charge in [0.15, 0.2) is 0 Å². The molecule has 1 amide bonds. The fraction of sp³-hybridized carbons (Fsp3) is 0.933. The molecule has 18 heavy (non-hydrogen) atoms. The summed E-state index contributed by atoms with van der Waals surface area (Å²) in [5.41, 5.74) is 0. The van der Waals surface area contributed by atoms with Crippen LogP contribution in [0.1, 0.15) is 58.8 Å². The van der Waals surface area contributed by atoms with Gasteiger partial charge in [0, 0.05) is 13.0 Å². The van der Waals surface area contributed by atoms with Crippen molar-refractivity contribution in [3.05, 3.63) is 0 Å². The minimum Gasteiger partial charge on any atom is -0.356 e. The van der Waals surface area contributed by atoms with Crippen LogP contribution in [-0.4, -0.2) is 25.5 Å². The highest BCUT2D eigenvalue weighted by Crippen LogP contribution is 2.16. The molecule has 2 N–H and O–H groups in total. The predicted octanol–water partition coefficient (Wildman–Crippen LogP) is 2.71. The average molecular weight is 254 g/mol. The van der Waals surface area contributed by atoms with Crippen LogP contribution in [0.25, 0.3) is 0 Å². The van der Waals surface area contributed by atoms with Gasteiger partial charge in [-0.25, -0.2) is 0 Å². The number of carbonyl (C=O) groups excluding carboxylic acids is 1. The molecule has 0 aliphatic carbocycles. The van der Waals surface area contributed by atoms with Crippen LogP contribution < -0.4 is 10.6 Å². The van der Waals surface area contributed by atoms with E-state index in [9.17, 15) is 4.79 Å². The molecule has 0 radical (unpaired) electrons. The van der Waals surface area contributed by atoms with Gasteiger partial charge in [-0.15, -0.1) is 0 Å². The molecule has 0 spiro atoms. The number of piperidine rings is 1. The summed E-state index contributed by atoms with van der Waals surface area (Å²) in [6.45, 7) is 7.47. The summed E-state index contributed by atoms with van der Waals surface area (Å²) in [5, 5.41) is 6.47. The largest absolute Gasteiger partial charge is 0.356 e. The molecular formula is C15H30N2O. The van der Waals surface area contributed by atoms with Crippen LogP contribution >= 0.6 is 0 Å². The highest BCUT2D eigenvalue weighted by Gasteiger charge is 2.17. The van der Waals surface area contributed by atoms with E-state index < -0.39 is 0 Å². The molecule has 3 heteroatoms. The molecular weight excluding hydrogens is 224 g/mol. The van der Waals surface area contributed by atoms with Crippen LogP contribution in [0.5, 0.6) is 0 Å². The maximum absolute atomic E-state index is 11.9. The Labute approximate surface area is 112 Å². The van der Waals surface area contributed by atoms with E-state index in [-0.39, 0.29) is 5.91 Å². The van der Waals surface area contributed by atoms with Gasteiger partial charge in [0.2, 0.25) is 5.91 Å². The molecule has 0 aromatic carbocycles. The van der Waals surface area contributed by atoms with Crippen LogP contribution in [0.15, 0.2) is 0 Å². The highest BCUT2D eigenvalue weighted by molar-refractivity contribution is 5.76. The summed E-state index contributed by atoms with van der Waals surface area (Å²) < 4.78 is 0. The van der Waals surface area contributed by atoms with Gasteiger partial charge in [-0.3, -0.25) is 4.79 Å². The van der Waals surface area contributed by atoms with Crippen molar-refractivity contribution in [2.24, 2.45) is 11.8 Å². The number of carbonyl (C=O) groups is 1. The average Bonchev–Trinajstić information content (AvgIpc) is 2.40. The lowest BCUT2D eigenvalue weighted by Gasteiger charge is -2.22. The Morgan fingerprint density at radius 3 is 2.67 bits per heavy atom. The monoisotopic (exact) mass is 254 g/mol. The SMILES string of the molecule is CCCCC(CC)CNC(=O)CC1CCNCC1. The van der Waals surface area contributed by atoms with Crippen molar-refractivity contribution < 1.29 is 4.79 Å². The predicted molar refractivity (Wildman–Crippen MR) is 76.5 cm³/mol. The first kappa shape index (κ1) is 15.5. The van der Waals surface area contributed by atoms with Gasteiger partial charge < -0.3 is 10.6 Å². The van der Waals surface area contributed by atoms with Gasteiger partial charge in [-0.1, -0.05) is 33.1 Å². The molecule has 1 unspecified atom stereocenters. The van der Waals surface area contributed by atoms with Crippen LogP contribution in [0.4, 0.5) is 0 Å². The minimum atomic E-state index is 0.261. The Morgan fingerprint density at radius 1 is 1.33 bits per heavy atom. The first-order valence-electron chi connectivity index (χ1n) is 7.73. The van der Waals surface area contributed by atoms with E-state index in [4.69, 9.17) is 0 Å². The molecule has 0 saturated carbocycles. The Hall–Kier alpha value is -0.570. The molecule has 0 aromatic heterocycles. The summed E-state index contributed by atoms with van der Waals surface area (Å²) in [7, 11) is 0. The molecule has 1 aliphatic rings. The van der Waals surface area contributed by atoms with E-state index >= 15 is 0 Å². The molecule has 106 valence electrons. The van der Waals surface area contributed by atoms with Crippen molar-refractivity contribution in [3.63, 3.8) is 0 Å². The normalized spacial score (nSPS) is 18.6. The van der Waals surface area contributed by atoms with Gasteiger partial charge in [-0.05, 0) is 44.2 Å². The first-order chi connectivity index (χ1) is 8.76. The molecule has 1 saturated heterocycles. The molecule has 1 heterocycles. The van der Waals surface area contributed by atoms with Crippen molar-refractivity contribution in [2.75, 3.05) is 19.6 Å². The van der Waals surface area contributed by atoms with Crippen molar-refractivity contribution in [2.45, 2.75) is 58.8 Å². The van der Waals surface area contributed by atoms with Gasteiger partial charge in [0.25, 0.3) is 0 Å². The van der Waals surface area contributed by atoms with Gasteiger partial charge >= 0.3 is 0 Å². The van der Waals surface area contributed by atoms with Crippen LogP contribution in [0.3, 0.4) is 0 Å². The zero-order chi connectivity index (χ0) is 13.2. The third-order valence-electron chi connectivity index (χ3n) is 4.06. The Morgan fingerprint density at radius 2 is 2.06 bits per heavy atom. The molecule has 1 rings (SSSR count). The van der Waals surface area contributed by atoms with Crippen molar-refractivity contribution >= 4 is 5.91 Å². The Kier molecular flexibility index (Phi) is 8.06. The van der Waals surface area contributed by atoms with E-state index in [2.05, 4.69) is 24.5 Å². The highest BCUT2D eigenvalue weighted by atomic mass is 16.1. The van der Waals surface area contributed by atoms with E-state index in [1.165, 1.54) is 25.7 Å². The lowest BCUT2D eigenvalue weighted by Crippen LogP contribution is -2.34. The second-order valence-corrected chi connectivity index (χ2v) is 5.62. The van der Waals surface area contributed by atoms with Crippen molar-refractivity contribution in [1.82, 2.24) is 10.6 Å². The van der Waals surface area contributed by atoms with E-state index in [1.54, 1.807) is 0 Å². The van der Waals surface area contributed by atoms with E-state index in [0.29, 0.717) is 11.8 Å². The molecule has 0 aromatic rings. The lowest BCUT2D eigenvalue weighted by molar-refractivity contribution is -0.122. The molecule has 0 bridgehead atoms. The molecule has 1 aliphatic heterocycles. The number of rotatable bonds is 8. The maximum Gasteiger partial charge on any atom is 0.220 e. The van der Waals surface area contributed by atoms with E-state index in [1.807, 2.05) is 0 Å². The van der Waals surface area contributed by atoms with E-state index in [0.717, 1.165) is 38.9 Å². The third kappa shape index (κ3) is 6.39. The van der Waals surface area contributed by atoms with Crippen LogP contribution in [0, 0.1) is 11.8 Å². The Balaban J connectivity index is 2.14. The zero-order valence-corrected chi connectivity index (χ0v) is 12.1. The molecule has 3 nitrogen and oxygen atoms in total. The number of nitrogens with one attached hydrogen (secondary N) is 2. The second kappa shape index (κ2) is 9.37. The summed E-state index contributed by atoms with van der Waals surface area (Å²) in [5.74, 6) is 1.53. The summed E-state index contributed by atoms with van der Waals surface area (Å²) in [4.78, 5) is 11.9. The van der Waals surface area contributed by atoms with Crippen molar-refractivity contribution in [1.29, 1.82) is 0 Å². The van der Waals surface area contributed by atoms with Crippen molar-refractivity contribution in [3.8, 4) is 0 Å². The number of hydrogen-bond donors (Lipinski definition) is 2. The van der Waals surface area contributed by atoms with Gasteiger partial charge in [-0.2, -0.15) is 0 Å². The summed E-state index contributed by atoms with van der Waals surface area (Å²) in [6, 6.07) is 0. The second-order valence-electron chi connectivity index (χ2n) is 5.62. The fourth-order valence-corrected chi connectivity index (χ4v) is 2.62. The quantitative estimate of drug-likeness (QED) is 0.699. The zero-order valence-electron chi connectivity index (χ0n) is 12.1. The third-order valence-corrected chi connectivity index (χ3v) is 4.06. The standard InChI is InChI=1S/C15H30N2O/c1-3-5-6-13(4-2)12-17-15(18)11-14-7-9-16-10-8-14/h13-14,16H,3-12H2,1-2H3,(H,17,18). The smallest absolute Gasteiger partial charge is 0.220 e. The van der Waals surface area contributed by atoms with Crippen LogP contribution in [0.2, 0.25) is 0 Å². The molecule has 1 fully saturated rings. The lowest BCUT2D eigenvalue weighted by atomic mass is 9.94. The molecule has 1 atom stereocenters. The number of hydrogen-bond acceptors (Lipinski definition) is 2. The van der Waals surface area contributed by atoms with Crippen LogP contribution in [-0.2, 0) is 4.79 Å². The number of unbranched alkanes of at least 4 members (excludes halogenated alkanes) is 1. The van der Waals surface area contributed by atoms with Gasteiger partial charge in [0.05, 0.1) is 0 Å². The summed E-state index contributed by atoms with van der Waals surface area (Å²) in [6.07, 6.45) is 7.99.